The number of rotatable bonds is 6. The molecule has 0 atom stereocenters. The van der Waals surface area contributed by atoms with Gasteiger partial charge in [-0.2, -0.15) is 0 Å². The van der Waals surface area contributed by atoms with Gasteiger partial charge in [0.15, 0.2) is 0 Å². The first-order valence-electron chi connectivity index (χ1n) is 6.52. The van der Waals surface area contributed by atoms with Crippen molar-refractivity contribution in [3.63, 3.8) is 0 Å². The fourth-order valence-corrected chi connectivity index (χ4v) is 2.36. The zero-order valence-corrected chi connectivity index (χ0v) is 11.3. The molecule has 0 aromatic rings. The van der Waals surface area contributed by atoms with Crippen LogP contribution in [-0.2, 0) is 9.59 Å². The van der Waals surface area contributed by atoms with Gasteiger partial charge in [-0.05, 0) is 26.7 Å². The molecule has 0 heterocycles. The van der Waals surface area contributed by atoms with Crippen molar-refractivity contribution >= 4 is 11.9 Å². The minimum atomic E-state index is -1.00. The second-order valence-corrected chi connectivity index (χ2v) is 5.64. The predicted octanol–water partition coefficient (Wildman–Crippen LogP) is 2.44. The molecule has 1 N–H and O–H groups in total. The molecule has 4 heteroatoms. The van der Waals surface area contributed by atoms with Gasteiger partial charge in [0.25, 0.3) is 0 Å². The molecule has 1 rings (SSSR count). The van der Waals surface area contributed by atoms with Crippen molar-refractivity contribution in [2.45, 2.75) is 52.0 Å². The lowest BCUT2D eigenvalue weighted by Crippen LogP contribution is -2.42. The summed E-state index contributed by atoms with van der Waals surface area (Å²) in [6.07, 6.45) is 6.10. The minimum absolute atomic E-state index is 0.0483. The number of hydrogen-bond acceptors (Lipinski definition) is 2. The van der Waals surface area contributed by atoms with Crippen LogP contribution in [0.2, 0.25) is 0 Å². The average Bonchev–Trinajstić information content (AvgIpc) is 2.77. The molecule has 1 aliphatic rings. The maximum atomic E-state index is 12.3. The van der Waals surface area contributed by atoms with Crippen molar-refractivity contribution in [2.75, 3.05) is 6.54 Å². The Morgan fingerprint density at radius 3 is 2.39 bits per heavy atom. The Morgan fingerprint density at radius 2 is 1.94 bits per heavy atom. The molecule has 0 spiro atoms. The fraction of sp³-hybridized carbons (Fsp3) is 0.714. The summed E-state index contributed by atoms with van der Waals surface area (Å²) >= 11 is 0. The summed E-state index contributed by atoms with van der Waals surface area (Å²) in [5, 5.41) is 9.08. The Balaban J connectivity index is 2.70. The molecule has 0 unspecified atom stereocenters. The van der Waals surface area contributed by atoms with Gasteiger partial charge in [0, 0.05) is 19.0 Å². The second-order valence-electron chi connectivity index (χ2n) is 5.64. The Hall–Kier alpha value is -1.32. The highest BCUT2D eigenvalue weighted by Gasteiger charge is 2.34. The normalized spacial score (nSPS) is 16.6. The third-order valence-corrected chi connectivity index (χ3v) is 3.58. The quantitative estimate of drug-likeness (QED) is 0.740. The maximum Gasteiger partial charge on any atom is 0.309 e. The molecule has 1 aliphatic carbocycles. The van der Waals surface area contributed by atoms with Gasteiger partial charge < -0.3 is 10.0 Å². The largest absolute Gasteiger partial charge is 0.481 e. The van der Waals surface area contributed by atoms with E-state index in [0.29, 0.717) is 6.54 Å². The van der Waals surface area contributed by atoms with Gasteiger partial charge in [-0.1, -0.05) is 18.9 Å². The van der Waals surface area contributed by atoms with Crippen molar-refractivity contribution in [2.24, 2.45) is 5.41 Å². The number of carboxylic acids is 1. The monoisotopic (exact) mass is 253 g/mol. The van der Waals surface area contributed by atoms with Gasteiger partial charge in [0.2, 0.25) is 5.91 Å². The minimum Gasteiger partial charge on any atom is -0.481 e. The highest BCUT2D eigenvalue weighted by molar-refractivity contribution is 5.84. The van der Waals surface area contributed by atoms with Crippen LogP contribution in [0, 0.1) is 5.41 Å². The van der Waals surface area contributed by atoms with E-state index in [1.807, 2.05) is 0 Å². The lowest BCUT2D eigenvalue weighted by Gasteiger charge is -2.30. The molecule has 0 saturated heterocycles. The molecule has 1 saturated carbocycles. The molecule has 0 radical (unpaired) electrons. The second kappa shape index (κ2) is 6.03. The van der Waals surface area contributed by atoms with E-state index in [9.17, 15) is 9.59 Å². The maximum absolute atomic E-state index is 12.3. The molecule has 102 valence electrons. The molecule has 4 nitrogen and oxygen atoms in total. The highest BCUT2D eigenvalue weighted by Crippen LogP contribution is 2.27. The lowest BCUT2D eigenvalue weighted by molar-refractivity contribution is -0.151. The van der Waals surface area contributed by atoms with Crippen molar-refractivity contribution in [1.82, 2.24) is 4.90 Å². The molecule has 1 amide bonds. The van der Waals surface area contributed by atoms with Crippen molar-refractivity contribution < 1.29 is 14.7 Å². The van der Waals surface area contributed by atoms with Crippen LogP contribution < -0.4 is 0 Å². The van der Waals surface area contributed by atoms with E-state index in [1.54, 1.807) is 24.8 Å². The van der Waals surface area contributed by atoms with Crippen molar-refractivity contribution in [3.05, 3.63) is 12.7 Å². The van der Waals surface area contributed by atoms with Crippen LogP contribution in [0.3, 0.4) is 0 Å². The summed E-state index contributed by atoms with van der Waals surface area (Å²) in [5.74, 6) is -1.00. The Labute approximate surface area is 109 Å². The van der Waals surface area contributed by atoms with Gasteiger partial charge in [-0.15, -0.1) is 6.58 Å². The summed E-state index contributed by atoms with van der Waals surface area (Å²) in [6.45, 7) is 7.37. The smallest absolute Gasteiger partial charge is 0.309 e. The first kappa shape index (κ1) is 14.7. The SMILES string of the molecule is C=CCN(C(=O)CC(C)(C)C(=O)O)C1CCCC1. The van der Waals surface area contributed by atoms with Crippen LogP contribution in [0.1, 0.15) is 46.0 Å². The molecule has 0 aromatic carbocycles. The summed E-state index contributed by atoms with van der Waals surface area (Å²) in [7, 11) is 0. The molecular formula is C14H23NO3. The van der Waals surface area contributed by atoms with Crippen molar-refractivity contribution in [3.8, 4) is 0 Å². The highest BCUT2D eigenvalue weighted by atomic mass is 16.4. The van der Waals surface area contributed by atoms with Gasteiger partial charge in [0.05, 0.1) is 5.41 Å². The Morgan fingerprint density at radius 1 is 1.39 bits per heavy atom. The van der Waals surface area contributed by atoms with E-state index in [-0.39, 0.29) is 18.4 Å². The molecule has 0 aromatic heterocycles. The molecule has 18 heavy (non-hydrogen) atoms. The zero-order chi connectivity index (χ0) is 13.8. The number of aliphatic carboxylic acids is 1. The van der Waals surface area contributed by atoms with Gasteiger partial charge in [-0.3, -0.25) is 9.59 Å². The molecule has 1 fully saturated rings. The topological polar surface area (TPSA) is 57.6 Å². The van der Waals surface area contributed by atoms with Crippen LogP contribution in [0.25, 0.3) is 0 Å². The van der Waals surface area contributed by atoms with Crippen LogP contribution in [0.5, 0.6) is 0 Å². The summed E-state index contributed by atoms with van der Waals surface area (Å²) in [5.41, 5.74) is -1.00. The summed E-state index contributed by atoms with van der Waals surface area (Å²) in [4.78, 5) is 25.1. The first-order valence-corrected chi connectivity index (χ1v) is 6.52. The van der Waals surface area contributed by atoms with E-state index in [0.717, 1.165) is 25.7 Å². The number of carbonyl (C=O) groups excluding carboxylic acids is 1. The standard InChI is InChI=1S/C14H23NO3/c1-4-9-15(11-7-5-6-8-11)12(16)10-14(2,3)13(17)18/h4,11H,1,5-10H2,2-3H3,(H,17,18). The summed E-state index contributed by atoms with van der Waals surface area (Å²) in [6, 6.07) is 0.264. The zero-order valence-electron chi connectivity index (χ0n) is 11.3. The van der Waals surface area contributed by atoms with E-state index < -0.39 is 11.4 Å². The Kier molecular flexibility index (Phi) is 4.93. The molecular weight excluding hydrogens is 230 g/mol. The molecule has 0 bridgehead atoms. The fourth-order valence-electron chi connectivity index (χ4n) is 2.36. The lowest BCUT2D eigenvalue weighted by atomic mass is 9.88. The third-order valence-electron chi connectivity index (χ3n) is 3.58. The van der Waals surface area contributed by atoms with E-state index in [4.69, 9.17) is 5.11 Å². The predicted molar refractivity (Wildman–Crippen MR) is 70.2 cm³/mol. The van der Waals surface area contributed by atoms with E-state index in [2.05, 4.69) is 6.58 Å². The molecule has 0 aliphatic heterocycles. The first-order chi connectivity index (χ1) is 8.38. The van der Waals surface area contributed by atoms with Crippen LogP contribution >= 0.6 is 0 Å². The van der Waals surface area contributed by atoms with Crippen molar-refractivity contribution in [1.29, 1.82) is 0 Å². The third kappa shape index (κ3) is 3.59. The van der Waals surface area contributed by atoms with E-state index in [1.165, 1.54) is 0 Å². The summed E-state index contributed by atoms with van der Waals surface area (Å²) < 4.78 is 0. The number of carbonyl (C=O) groups is 2. The Bertz CT molecular complexity index is 330. The number of carboxylic acid groups (broad SMARTS) is 1. The van der Waals surface area contributed by atoms with Crippen LogP contribution in [0.4, 0.5) is 0 Å². The van der Waals surface area contributed by atoms with E-state index >= 15 is 0 Å². The van der Waals surface area contributed by atoms with Gasteiger partial charge >= 0.3 is 5.97 Å². The van der Waals surface area contributed by atoms with Crippen LogP contribution in [0.15, 0.2) is 12.7 Å². The van der Waals surface area contributed by atoms with Gasteiger partial charge in [-0.25, -0.2) is 0 Å². The number of amides is 1. The van der Waals surface area contributed by atoms with Gasteiger partial charge in [0.1, 0.15) is 0 Å². The van der Waals surface area contributed by atoms with Crippen LogP contribution in [-0.4, -0.2) is 34.5 Å². The number of hydrogen-bond donors (Lipinski definition) is 1. The number of nitrogens with zero attached hydrogens (tertiary/aromatic N) is 1. The average molecular weight is 253 g/mol.